The number of carbonyl (C=O) groups is 4. The van der Waals surface area contributed by atoms with Gasteiger partial charge in [0.15, 0.2) is 6.61 Å². The van der Waals surface area contributed by atoms with Crippen molar-refractivity contribution in [2.24, 2.45) is 0 Å². The van der Waals surface area contributed by atoms with E-state index >= 15 is 0 Å². The number of ether oxygens (including phenoxy) is 2. The lowest BCUT2D eigenvalue weighted by Crippen LogP contribution is -2.39. The lowest BCUT2D eigenvalue weighted by Gasteiger charge is -2.10. The van der Waals surface area contributed by atoms with Crippen molar-refractivity contribution < 1.29 is 28.7 Å². The van der Waals surface area contributed by atoms with Crippen molar-refractivity contribution in [3.8, 4) is 0 Å². The molecule has 0 saturated heterocycles. The number of methoxy groups -OCH3 is 1. The maximum absolute atomic E-state index is 12.1. The predicted molar refractivity (Wildman–Crippen MR) is 114 cm³/mol. The quantitative estimate of drug-likeness (QED) is 0.556. The van der Waals surface area contributed by atoms with E-state index in [1.165, 1.54) is 19.2 Å². The summed E-state index contributed by atoms with van der Waals surface area (Å²) in [6.07, 6.45) is 0. The summed E-state index contributed by atoms with van der Waals surface area (Å²) in [6.45, 7) is 3.57. The van der Waals surface area contributed by atoms with E-state index in [0.29, 0.717) is 17.8 Å². The van der Waals surface area contributed by atoms with Crippen LogP contribution in [0.25, 0.3) is 0 Å². The fourth-order valence-corrected chi connectivity index (χ4v) is 2.47. The minimum absolute atomic E-state index is 0.0357. The highest BCUT2D eigenvalue weighted by Gasteiger charge is 2.11. The van der Waals surface area contributed by atoms with E-state index in [-0.39, 0.29) is 17.6 Å². The average Bonchev–Trinajstić information content (AvgIpc) is 2.76. The summed E-state index contributed by atoms with van der Waals surface area (Å²) < 4.78 is 9.62. The molecule has 0 fully saturated rings. The number of esters is 2. The zero-order valence-electron chi connectivity index (χ0n) is 17.6. The maximum atomic E-state index is 12.1. The van der Waals surface area contributed by atoms with Crippen molar-refractivity contribution in [1.82, 2.24) is 10.6 Å². The van der Waals surface area contributed by atoms with Crippen molar-refractivity contribution >= 4 is 29.6 Å². The molecule has 2 aromatic rings. The normalized spacial score (nSPS) is 10.2. The van der Waals surface area contributed by atoms with E-state index in [2.05, 4.69) is 20.7 Å². The molecule has 164 valence electrons. The van der Waals surface area contributed by atoms with E-state index in [1.54, 1.807) is 36.4 Å². The highest BCUT2D eigenvalue weighted by Crippen LogP contribution is 2.11. The average molecular weight is 427 g/mol. The number of nitrogens with one attached hydrogen (secondary N) is 3. The third kappa shape index (κ3) is 7.81. The van der Waals surface area contributed by atoms with Gasteiger partial charge in [-0.3, -0.25) is 4.79 Å². The summed E-state index contributed by atoms with van der Waals surface area (Å²) in [7, 11) is 1.28. The van der Waals surface area contributed by atoms with Gasteiger partial charge in [0, 0.05) is 18.3 Å². The second kappa shape index (κ2) is 11.3. The summed E-state index contributed by atoms with van der Waals surface area (Å²) >= 11 is 0. The number of anilines is 1. The first-order valence-corrected chi connectivity index (χ1v) is 9.57. The van der Waals surface area contributed by atoms with Gasteiger partial charge < -0.3 is 25.4 Å². The summed E-state index contributed by atoms with van der Waals surface area (Å²) in [5.74, 6) is -1.64. The van der Waals surface area contributed by atoms with Crippen LogP contribution in [0.15, 0.2) is 48.5 Å². The number of hydrogen-bond acceptors (Lipinski definition) is 6. The number of amides is 3. The van der Waals surface area contributed by atoms with Gasteiger partial charge in [-0.05, 0) is 55.8 Å². The lowest BCUT2D eigenvalue weighted by atomic mass is 10.1. The van der Waals surface area contributed by atoms with Crippen LogP contribution in [-0.4, -0.2) is 43.6 Å². The molecule has 0 aliphatic rings. The zero-order chi connectivity index (χ0) is 22.8. The smallest absolute Gasteiger partial charge is 0.338 e. The van der Waals surface area contributed by atoms with Crippen LogP contribution in [0.5, 0.6) is 0 Å². The van der Waals surface area contributed by atoms with E-state index in [1.807, 2.05) is 13.8 Å². The van der Waals surface area contributed by atoms with Gasteiger partial charge in [-0.15, -0.1) is 0 Å². The largest absolute Gasteiger partial charge is 0.465 e. The molecule has 0 spiro atoms. The van der Waals surface area contributed by atoms with Gasteiger partial charge in [-0.1, -0.05) is 12.1 Å². The molecular weight excluding hydrogens is 402 g/mol. The van der Waals surface area contributed by atoms with E-state index < -0.39 is 24.5 Å². The molecule has 3 N–H and O–H groups in total. The van der Waals surface area contributed by atoms with Gasteiger partial charge in [0.05, 0.1) is 18.2 Å². The molecule has 0 heterocycles. The molecule has 0 saturated carbocycles. The molecule has 2 aromatic carbocycles. The topological polar surface area (TPSA) is 123 Å². The Bertz CT molecular complexity index is 923. The third-order valence-electron chi connectivity index (χ3n) is 3.99. The van der Waals surface area contributed by atoms with Gasteiger partial charge >= 0.3 is 18.0 Å². The summed E-state index contributed by atoms with van der Waals surface area (Å²) in [5.41, 5.74) is 1.90. The minimum atomic E-state index is -0.645. The molecule has 0 aliphatic carbocycles. The Morgan fingerprint density at radius 2 is 1.45 bits per heavy atom. The second-order valence-electron chi connectivity index (χ2n) is 6.87. The standard InChI is InChI=1S/C22H25N3O6/c1-14(2)24-22(29)23-12-15-4-6-17(7-5-15)21(28)31-13-19(26)25-18-10-8-16(9-11-18)20(27)30-3/h4-11,14H,12-13H2,1-3H3,(H,25,26)(H2,23,24,29). The molecule has 3 amide bonds. The zero-order valence-corrected chi connectivity index (χ0v) is 17.6. The molecule has 9 heteroatoms. The van der Waals surface area contributed by atoms with E-state index in [9.17, 15) is 19.2 Å². The highest BCUT2D eigenvalue weighted by atomic mass is 16.5. The Morgan fingerprint density at radius 3 is 2.03 bits per heavy atom. The summed E-state index contributed by atoms with van der Waals surface area (Å²) in [4.78, 5) is 47.1. The minimum Gasteiger partial charge on any atom is -0.465 e. The fraction of sp³-hybridized carbons (Fsp3) is 0.273. The first-order chi connectivity index (χ1) is 14.8. The number of hydrogen-bond donors (Lipinski definition) is 3. The third-order valence-corrected chi connectivity index (χ3v) is 3.99. The number of carbonyl (C=O) groups excluding carboxylic acids is 4. The maximum Gasteiger partial charge on any atom is 0.338 e. The summed E-state index contributed by atoms with van der Waals surface area (Å²) in [5, 5.41) is 7.99. The van der Waals surface area contributed by atoms with Gasteiger partial charge in [0.25, 0.3) is 5.91 Å². The van der Waals surface area contributed by atoms with Crippen molar-refractivity contribution in [3.05, 3.63) is 65.2 Å². The van der Waals surface area contributed by atoms with Crippen molar-refractivity contribution in [1.29, 1.82) is 0 Å². The fourth-order valence-electron chi connectivity index (χ4n) is 2.47. The highest BCUT2D eigenvalue weighted by molar-refractivity contribution is 5.96. The second-order valence-corrected chi connectivity index (χ2v) is 6.87. The Kier molecular flexibility index (Phi) is 8.56. The van der Waals surface area contributed by atoms with Crippen LogP contribution < -0.4 is 16.0 Å². The molecule has 2 rings (SSSR count). The lowest BCUT2D eigenvalue weighted by molar-refractivity contribution is -0.119. The van der Waals surface area contributed by atoms with Crippen LogP contribution in [0.4, 0.5) is 10.5 Å². The van der Waals surface area contributed by atoms with Crippen LogP contribution in [0, 0.1) is 0 Å². The first-order valence-electron chi connectivity index (χ1n) is 9.57. The summed E-state index contributed by atoms with van der Waals surface area (Å²) in [6, 6.07) is 12.4. The van der Waals surface area contributed by atoms with Gasteiger partial charge in [-0.2, -0.15) is 0 Å². The van der Waals surface area contributed by atoms with Crippen molar-refractivity contribution in [3.63, 3.8) is 0 Å². The van der Waals surface area contributed by atoms with Crippen molar-refractivity contribution in [2.45, 2.75) is 26.4 Å². The Labute approximate surface area is 180 Å². The van der Waals surface area contributed by atoms with Crippen LogP contribution in [0.3, 0.4) is 0 Å². The molecule has 0 radical (unpaired) electrons. The number of benzene rings is 2. The molecule has 0 bridgehead atoms. The van der Waals surface area contributed by atoms with Gasteiger partial charge in [-0.25, -0.2) is 14.4 Å². The molecular formula is C22H25N3O6. The van der Waals surface area contributed by atoms with Crippen LogP contribution in [0.2, 0.25) is 0 Å². The predicted octanol–water partition coefficient (Wildman–Crippen LogP) is 2.48. The van der Waals surface area contributed by atoms with Crippen LogP contribution in [-0.2, 0) is 20.8 Å². The Morgan fingerprint density at radius 1 is 0.871 bits per heavy atom. The Hall–Kier alpha value is -3.88. The monoisotopic (exact) mass is 427 g/mol. The van der Waals surface area contributed by atoms with Crippen LogP contribution >= 0.6 is 0 Å². The molecule has 9 nitrogen and oxygen atoms in total. The van der Waals surface area contributed by atoms with Gasteiger partial charge in [0.2, 0.25) is 0 Å². The SMILES string of the molecule is COC(=O)c1ccc(NC(=O)COC(=O)c2ccc(CNC(=O)NC(C)C)cc2)cc1. The Balaban J connectivity index is 1.79. The van der Waals surface area contributed by atoms with Crippen molar-refractivity contribution in [2.75, 3.05) is 19.0 Å². The molecule has 0 aromatic heterocycles. The number of urea groups is 1. The molecule has 0 aliphatic heterocycles. The molecule has 0 unspecified atom stereocenters. The molecule has 0 atom stereocenters. The van der Waals surface area contributed by atoms with E-state index in [4.69, 9.17) is 4.74 Å². The van der Waals surface area contributed by atoms with Crippen LogP contribution in [0.1, 0.15) is 40.1 Å². The van der Waals surface area contributed by atoms with Gasteiger partial charge in [0.1, 0.15) is 0 Å². The first kappa shape index (κ1) is 23.4. The number of rotatable bonds is 8. The van der Waals surface area contributed by atoms with E-state index in [0.717, 1.165) is 5.56 Å². The molecule has 31 heavy (non-hydrogen) atoms.